The molecule has 1 heterocycles. The Kier molecular flexibility index (Phi) is 7.37. The molecule has 3 nitrogen and oxygen atoms in total. The highest BCUT2D eigenvalue weighted by molar-refractivity contribution is 5.94. The smallest absolute Gasteiger partial charge is 0.251 e. The SMILES string of the molecule is C=C/C=C\c1cccc(C(=O)NC(C)CC2(C)CCN(c3cc(C)cc(C)c3)CC2)c1. The lowest BCUT2D eigenvalue weighted by Gasteiger charge is -2.42. The second-order valence-corrected chi connectivity index (χ2v) is 9.44. The van der Waals surface area contributed by atoms with E-state index in [1.807, 2.05) is 36.4 Å². The molecule has 31 heavy (non-hydrogen) atoms. The van der Waals surface area contributed by atoms with Gasteiger partial charge >= 0.3 is 0 Å². The lowest BCUT2D eigenvalue weighted by molar-refractivity contribution is 0.0922. The molecule has 0 spiro atoms. The second-order valence-electron chi connectivity index (χ2n) is 9.44. The molecule has 1 atom stereocenters. The quantitative estimate of drug-likeness (QED) is 0.536. The van der Waals surface area contributed by atoms with Gasteiger partial charge < -0.3 is 10.2 Å². The maximum absolute atomic E-state index is 12.8. The van der Waals surface area contributed by atoms with Crippen LogP contribution in [-0.2, 0) is 0 Å². The fraction of sp³-hybridized carbons (Fsp3) is 0.393. The molecule has 1 amide bonds. The molecular weight excluding hydrogens is 380 g/mol. The summed E-state index contributed by atoms with van der Waals surface area (Å²) in [6, 6.07) is 14.7. The molecule has 3 rings (SSSR count). The summed E-state index contributed by atoms with van der Waals surface area (Å²) >= 11 is 0. The first kappa shape index (κ1) is 22.9. The van der Waals surface area contributed by atoms with Crippen molar-refractivity contribution >= 4 is 17.7 Å². The Hall–Kier alpha value is -2.81. The minimum Gasteiger partial charge on any atom is -0.371 e. The molecule has 0 saturated carbocycles. The van der Waals surface area contributed by atoms with Crippen molar-refractivity contribution in [2.45, 2.75) is 53.0 Å². The zero-order valence-corrected chi connectivity index (χ0v) is 19.4. The molecule has 2 aromatic rings. The van der Waals surface area contributed by atoms with Gasteiger partial charge in [0.15, 0.2) is 0 Å². The molecule has 1 N–H and O–H groups in total. The van der Waals surface area contributed by atoms with Crippen LogP contribution in [0, 0.1) is 19.3 Å². The van der Waals surface area contributed by atoms with Crippen LogP contribution in [0.1, 0.15) is 60.2 Å². The summed E-state index contributed by atoms with van der Waals surface area (Å²) in [6.07, 6.45) is 8.85. The molecule has 1 aliphatic heterocycles. The lowest BCUT2D eigenvalue weighted by Crippen LogP contribution is -2.43. The molecule has 0 bridgehead atoms. The lowest BCUT2D eigenvalue weighted by atomic mass is 9.75. The third-order valence-corrected chi connectivity index (χ3v) is 6.29. The summed E-state index contributed by atoms with van der Waals surface area (Å²) < 4.78 is 0. The van der Waals surface area contributed by atoms with E-state index >= 15 is 0 Å². The standard InChI is InChI=1S/C28H36N2O/c1-6-7-9-24-10-8-11-25(19-24)27(31)29-23(4)20-28(5)12-14-30(15-13-28)26-17-21(2)16-22(3)18-26/h6-11,16-19,23H,1,12-15,20H2,2-5H3,(H,29,31)/b9-7-. The first-order valence-corrected chi connectivity index (χ1v) is 11.3. The van der Waals surface area contributed by atoms with Gasteiger partial charge in [0.2, 0.25) is 0 Å². The van der Waals surface area contributed by atoms with E-state index in [0.29, 0.717) is 5.56 Å². The molecule has 164 valence electrons. The van der Waals surface area contributed by atoms with Gasteiger partial charge in [-0.15, -0.1) is 0 Å². The van der Waals surface area contributed by atoms with Gasteiger partial charge in [0.1, 0.15) is 0 Å². The number of nitrogens with one attached hydrogen (secondary N) is 1. The van der Waals surface area contributed by atoms with Crippen LogP contribution in [0.15, 0.2) is 61.2 Å². The zero-order chi connectivity index (χ0) is 22.4. The van der Waals surface area contributed by atoms with Crippen molar-refractivity contribution in [3.05, 3.63) is 83.4 Å². The van der Waals surface area contributed by atoms with Crippen LogP contribution < -0.4 is 10.2 Å². The van der Waals surface area contributed by atoms with E-state index in [0.717, 1.165) is 37.9 Å². The van der Waals surface area contributed by atoms with E-state index in [1.165, 1.54) is 16.8 Å². The Bertz CT molecular complexity index is 931. The van der Waals surface area contributed by atoms with Crippen molar-refractivity contribution < 1.29 is 4.79 Å². The number of carbonyl (C=O) groups excluding carboxylic acids is 1. The highest BCUT2D eigenvalue weighted by atomic mass is 16.1. The minimum atomic E-state index is -0.00220. The van der Waals surface area contributed by atoms with Crippen molar-refractivity contribution in [1.29, 1.82) is 0 Å². The predicted octanol–water partition coefficient (Wildman–Crippen LogP) is 6.32. The normalized spacial score (nSPS) is 16.8. The average Bonchev–Trinajstić information content (AvgIpc) is 2.72. The maximum atomic E-state index is 12.8. The fourth-order valence-electron chi connectivity index (χ4n) is 4.70. The summed E-state index contributed by atoms with van der Waals surface area (Å²) in [5, 5.41) is 3.21. The van der Waals surface area contributed by atoms with Crippen LogP contribution in [-0.4, -0.2) is 25.0 Å². The first-order valence-electron chi connectivity index (χ1n) is 11.3. The van der Waals surface area contributed by atoms with Crippen LogP contribution in [0.5, 0.6) is 0 Å². The van der Waals surface area contributed by atoms with Crippen LogP contribution in [0.2, 0.25) is 0 Å². The molecule has 0 aliphatic carbocycles. The third-order valence-electron chi connectivity index (χ3n) is 6.29. The summed E-state index contributed by atoms with van der Waals surface area (Å²) in [5.74, 6) is -0.00220. The molecule has 1 aliphatic rings. The number of benzene rings is 2. The molecule has 1 unspecified atom stereocenters. The molecule has 0 aromatic heterocycles. The minimum absolute atomic E-state index is 0.00220. The predicted molar refractivity (Wildman–Crippen MR) is 133 cm³/mol. The van der Waals surface area contributed by atoms with Crippen LogP contribution in [0.25, 0.3) is 6.08 Å². The highest BCUT2D eigenvalue weighted by Gasteiger charge is 2.32. The van der Waals surface area contributed by atoms with E-state index in [-0.39, 0.29) is 17.4 Å². The second kappa shape index (κ2) is 10.00. The van der Waals surface area contributed by atoms with Crippen molar-refractivity contribution in [2.24, 2.45) is 5.41 Å². The van der Waals surface area contributed by atoms with E-state index in [2.05, 4.69) is 62.7 Å². The number of piperidine rings is 1. The van der Waals surface area contributed by atoms with E-state index < -0.39 is 0 Å². The van der Waals surface area contributed by atoms with Gasteiger partial charge in [0, 0.05) is 30.4 Å². The van der Waals surface area contributed by atoms with Gasteiger partial charge in [-0.1, -0.05) is 49.9 Å². The Labute approximate surface area is 187 Å². The number of carbonyl (C=O) groups is 1. The maximum Gasteiger partial charge on any atom is 0.251 e. The Morgan fingerprint density at radius 1 is 1.16 bits per heavy atom. The van der Waals surface area contributed by atoms with Crippen molar-refractivity contribution in [3.63, 3.8) is 0 Å². The monoisotopic (exact) mass is 416 g/mol. The summed E-state index contributed by atoms with van der Waals surface area (Å²) in [5.41, 5.74) is 5.94. The Balaban J connectivity index is 1.55. The number of hydrogen-bond acceptors (Lipinski definition) is 2. The van der Waals surface area contributed by atoms with E-state index in [1.54, 1.807) is 6.08 Å². The van der Waals surface area contributed by atoms with Crippen molar-refractivity contribution in [3.8, 4) is 0 Å². The average molecular weight is 417 g/mol. The molecule has 1 saturated heterocycles. The molecule has 1 fully saturated rings. The first-order chi connectivity index (χ1) is 14.8. The number of nitrogens with zero attached hydrogens (tertiary/aromatic N) is 1. The fourth-order valence-corrected chi connectivity index (χ4v) is 4.70. The van der Waals surface area contributed by atoms with Gasteiger partial charge in [-0.25, -0.2) is 0 Å². The van der Waals surface area contributed by atoms with Crippen molar-refractivity contribution in [2.75, 3.05) is 18.0 Å². The number of hydrogen-bond donors (Lipinski definition) is 1. The van der Waals surface area contributed by atoms with Crippen LogP contribution in [0.4, 0.5) is 5.69 Å². The number of rotatable bonds is 7. The van der Waals surface area contributed by atoms with Gasteiger partial charge in [0.25, 0.3) is 5.91 Å². The summed E-state index contributed by atoms with van der Waals surface area (Å²) in [6.45, 7) is 14.7. The van der Waals surface area contributed by atoms with Gasteiger partial charge in [0.05, 0.1) is 0 Å². The summed E-state index contributed by atoms with van der Waals surface area (Å²) in [7, 11) is 0. The Morgan fingerprint density at radius 3 is 2.48 bits per heavy atom. The molecule has 3 heteroatoms. The van der Waals surface area contributed by atoms with E-state index in [4.69, 9.17) is 0 Å². The van der Waals surface area contributed by atoms with E-state index in [9.17, 15) is 4.79 Å². The van der Waals surface area contributed by atoms with Crippen LogP contribution in [0.3, 0.4) is 0 Å². The summed E-state index contributed by atoms with van der Waals surface area (Å²) in [4.78, 5) is 15.3. The van der Waals surface area contributed by atoms with Gasteiger partial charge in [-0.05, 0) is 86.4 Å². The van der Waals surface area contributed by atoms with Crippen LogP contribution >= 0.6 is 0 Å². The number of amides is 1. The molecule has 2 aromatic carbocycles. The molecular formula is C28H36N2O. The number of aryl methyl sites for hydroxylation is 2. The highest BCUT2D eigenvalue weighted by Crippen LogP contribution is 2.37. The van der Waals surface area contributed by atoms with Gasteiger partial charge in [-0.3, -0.25) is 4.79 Å². The third kappa shape index (κ3) is 6.33. The van der Waals surface area contributed by atoms with Crippen molar-refractivity contribution in [1.82, 2.24) is 5.32 Å². The number of anilines is 1. The number of allylic oxidation sites excluding steroid dienone is 2. The zero-order valence-electron chi connectivity index (χ0n) is 19.4. The topological polar surface area (TPSA) is 32.3 Å². The Morgan fingerprint density at radius 2 is 1.84 bits per heavy atom. The largest absolute Gasteiger partial charge is 0.371 e. The molecule has 0 radical (unpaired) electrons. The van der Waals surface area contributed by atoms with Gasteiger partial charge in [-0.2, -0.15) is 0 Å².